The molecular weight excluding hydrogens is 212 g/mol. The topological polar surface area (TPSA) is 18.5 Å². The van der Waals surface area contributed by atoms with Gasteiger partial charge in [-0.05, 0) is 24.7 Å². The van der Waals surface area contributed by atoms with Gasteiger partial charge in [-0.2, -0.15) is 0 Å². The smallest absolute Gasteiger partial charge is 0.172 e. The summed E-state index contributed by atoms with van der Waals surface area (Å²) >= 11 is 0. The maximum atomic E-state index is 6.07. The van der Waals surface area contributed by atoms with Crippen molar-refractivity contribution >= 4 is 0 Å². The second-order valence-corrected chi connectivity index (χ2v) is 6.04. The van der Waals surface area contributed by atoms with Gasteiger partial charge < -0.3 is 9.47 Å². The van der Waals surface area contributed by atoms with Gasteiger partial charge in [0.1, 0.15) is 0 Å². The normalized spacial score (nSPS) is 34.1. The third-order valence-electron chi connectivity index (χ3n) is 4.56. The van der Waals surface area contributed by atoms with Crippen molar-refractivity contribution in [2.24, 2.45) is 5.41 Å². The van der Waals surface area contributed by atoms with Gasteiger partial charge in [-0.15, -0.1) is 0 Å². The zero-order valence-electron chi connectivity index (χ0n) is 11.7. The Bertz CT molecular complexity index is 306. The van der Waals surface area contributed by atoms with Gasteiger partial charge in [-0.3, -0.25) is 0 Å². The first-order valence-electron chi connectivity index (χ1n) is 7.02. The van der Waals surface area contributed by atoms with Gasteiger partial charge in [0.15, 0.2) is 5.79 Å². The summed E-state index contributed by atoms with van der Waals surface area (Å²) in [5.41, 5.74) is 1.92. The van der Waals surface area contributed by atoms with Crippen LogP contribution in [0.25, 0.3) is 0 Å². The Labute approximate surface area is 105 Å². The van der Waals surface area contributed by atoms with E-state index in [0.717, 1.165) is 32.3 Å². The molecular formula is C15H26O2. The Morgan fingerprint density at radius 1 is 1.41 bits per heavy atom. The molecule has 1 heterocycles. The van der Waals surface area contributed by atoms with Gasteiger partial charge in [-0.1, -0.05) is 39.3 Å². The van der Waals surface area contributed by atoms with E-state index in [0.29, 0.717) is 11.5 Å². The fourth-order valence-electron chi connectivity index (χ4n) is 2.71. The quantitative estimate of drug-likeness (QED) is 0.690. The van der Waals surface area contributed by atoms with Crippen LogP contribution in [0.5, 0.6) is 0 Å². The zero-order valence-corrected chi connectivity index (χ0v) is 11.7. The molecule has 17 heavy (non-hydrogen) atoms. The van der Waals surface area contributed by atoms with Gasteiger partial charge >= 0.3 is 0 Å². The van der Waals surface area contributed by atoms with E-state index in [1.165, 1.54) is 6.42 Å². The van der Waals surface area contributed by atoms with Crippen LogP contribution in [-0.4, -0.2) is 18.5 Å². The van der Waals surface area contributed by atoms with E-state index in [-0.39, 0.29) is 5.79 Å². The Balaban J connectivity index is 2.02. The molecule has 1 aliphatic heterocycles. The average molecular weight is 238 g/mol. The number of rotatable bonds is 3. The summed E-state index contributed by atoms with van der Waals surface area (Å²) in [5, 5.41) is 0. The molecule has 0 aromatic heterocycles. The van der Waals surface area contributed by atoms with Crippen molar-refractivity contribution in [3.8, 4) is 0 Å². The van der Waals surface area contributed by atoms with Crippen molar-refractivity contribution < 1.29 is 9.47 Å². The molecule has 1 saturated heterocycles. The second-order valence-electron chi connectivity index (χ2n) is 6.04. The Morgan fingerprint density at radius 2 is 2.18 bits per heavy atom. The van der Waals surface area contributed by atoms with Gasteiger partial charge in [0.25, 0.3) is 0 Å². The highest BCUT2D eigenvalue weighted by Gasteiger charge is 2.42. The Morgan fingerprint density at radius 3 is 2.65 bits per heavy atom. The lowest BCUT2D eigenvalue weighted by Gasteiger charge is -2.36. The third-order valence-corrected chi connectivity index (χ3v) is 4.56. The molecule has 2 atom stereocenters. The highest BCUT2D eigenvalue weighted by atomic mass is 16.7. The lowest BCUT2D eigenvalue weighted by atomic mass is 9.75. The fourth-order valence-corrected chi connectivity index (χ4v) is 2.71. The minimum atomic E-state index is -0.284. The predicted molar refractivity (Wildman–Crippen MR) is 69.9 cm³/mol. The van der Waals surface area contributed by atoms with Gasteiger partial charge in [0.2, 0.25) is 0 Å². The molecule has 1 fully saturated rings. The van der Waals surface area contributed by atoms with E-state index < -0.39 is 0 Å². The van der Waals surface area contributed by atoms with Crippen molar-refractivity contribution in [1.82, 2.24) is 0 Å². The predicted octanol–water partition coefficient (Wildman–Crippen LogP) is 4.05. The first-order chi connectivity index (χ1) is 8.01. The van der Waals surface area contributed by atoms with E-state index >= 15 is 0 Å². The van der Waals surface area contributed by atoms with Crippen LogP contribution in [0.3, 0.4) is 0 Å². The molecule has 0 saturated carbocycles. The molecule has 0 aromatic carbocycles. The maximum Gasteiger partial charge on any atom is 0.172 e. The number of ether oxygens (including phenoxy) is 2. The SMILES string of the molecule is CCC1COC2(CC=C(C(C)(C)CC)CC2)O1. The molecule has 98 valence electrons. The van der Waals surface area contributed by atoms with Crippen LogP contribution in [-0.2, 0) is 9.47 Å². The van der Waals surface area contributed by atoms with Crippen LogP contribution < -0.4 is 0 Å². The standard InChI is InChI=1S/C15H26O2/c1-5-13-11-16-15(17-13)9-7-12(8-10-15)14(3,4)6-2/h7,13H,5-6,8-11H2,1-4H3. The molecule has 2 rings (SSSR count). The van der Waals surface area contributed by atoms with Crippen molar-refractivity contribution in [2.75, 3.05) is 6.61 Å². The highest BCUT2D eigenvalue weighted by Crippen LogP contribution is 2.43. The molecule has 0 radical (unpaired) electrons. The largest absolute Gasteiger partial charge is 0.347 e. The summed E-state index contributed by atoms with van der Waals surface area (Å²) in [6.45, 7) is 9.87. The molecule has 1 spiro atoms. The lowest BCUT2D eigenvalue weighted by molar-refractivity contribution is -0.173. The molecule has 2 nitrogen and oxygen atoms in total. The van der Waals surface area contributed by atoms with Crippen molar-refractivity contribution in [2.45, 2.75) is 71.7 Å². The number of hydrogen-bond donors (Lipinski definition) is 0. The summed E-state index contributed by atoms with van der Waals surface area (Å²) in [5.74, 6) is -0.284. The summed E-state index contributed by atoms with van der Waals surface area (Å²) in [4.78, 5) is 0. The molecule has 0 bridgehead atoms. The van der Waals surface area contributed by atoms with Crippen molar-refractivity contribution in [3.63, 3.8) is 0 Å². The van der Waals surface area contributed by atoms with E-state index in [1.54, 1.807) is 5.57 Å². The zero-order chi connectivity index (χ0) is 12.5. The van der Waals surface area contributed by atoms with Gasteiger partial charge in [0.05, 0.1) is 12.7 Å². The molecule has 1 aliphatic carbocycles. The molecule has 2 aliphatic rings. The van der Waals surface area contributed by atoms with Crippen LogP contribution in [0.4, 0.5) is 0 Å². The van der Waals surface area contributed by atoms with Gasteiger partial charge in [-0.25, -0.2) is 0 Å². The Hall–Kier alpha value is -0.340. The monoisotopic (exact) mass is 238 g/mol. The van der Waals surface area contributed by atoms with E-state index in [4.69, 9.17) is 9.47 Å². The average Bonchev–Trinajstić information content (AvgIpc) is 2.73. The van der Waals surface area contributed by atoms with Gasteiger partial charge in [0, 0.05) is 12.8 Å². The first kappa shape index (κ1) is 13.1. The molecule has 0 N–H and O–H groups in total. The number of hydrogen-bond acceptors (Lipinski definition) is 2. The molecule has 0 aromatic rings. The van der Waals surface area contributed by atoms with Crippen molar-refractivity contribution in [1.29, 1.82) is 0 Å². The van der Waals surface area contributed by atoms with E-state index in [9.17, 15) is 0 Å². The fraction of sp³-hybridized carbons (Fsp3) is 0.867. The minimum absolute atomic E-state index is 0.284. The summed E-state index contributed by atoms with van der Waals surface area (Å²) in [7, 11) is 0. The molecule has 2 heteroatoms. The summed E-state index contributed by atoms with van der Waals surface area (Å²) in [6.07, 6.45) is 8.01. The minimum Gasteiger partial charge on any atom is -0.347 e. The van der Waals surface area contributed by atoms with E-state index in [1.807, 2.05) is 0 Å². The molecule has 2 unspecified atom stereocenters. The summed E-state index contributed by atoms with van der Waals surface area (Å²) in [6, 6.07) is 0. The third kappa shape index (κ3) is 2.58. The maximum absolute atomic E-state index is 6.07. The van der Waals surface area contributed by atoms with Crippen LogP contribution >= 0.6 is 0 Å². The first-order valence-corrected chi connectivity index (χ1v) is 7.02. The van der Waals surface area contributed by atoms with Crippen LogP contribution in [0.15, 0.2) is 11.6 Å². The highest BCUT2D eigenvalue weighted by molar-refractivity contribution is 5.17. The Kier molecular flexibility index (Phi) is 3.65. The van der Waals surface area contributed by atoms with Crippen LogP contribution in [0.1, 0.15) is 59.8 Å². The van der Waals surface area contributed by atoms with Crippen LogP contribution in [0, 0.1) is 5.41 Å². The number of allylic oxidation sites excluding steroid dienone is 1. The van der Waals surface area contributed by atoms with Crippen molar-refractivity contribution in [3.05, 3.63) is 11.6 Å². The molecule has 0 amide bonds. The van der Waals surface area contributed by atoms with Crippen LogP contribution in [0.2, 0.25) is 0 Å². The van der Waals surface area contributed by atoms with E-state index in [2.05, 4.69) is 33.8 Å². The summed E-state index contributed by atoms with van der Waals surface area (Å²) < 4.78 is 12.0. The lowest BCUT2D eigenvalue weighted by Crippen LogP contribution is -2.34. The second kappa shape index (κ2) is 4.74.